The smallest absolute Gasteiger partial charge is 0.253 e. The number of nitrogens with one attached hydrogen (secondary N) is 1. The second-order valence-electron chi connectivity index (χ2n) is 10.3. The molecule has 2 aromatic heterocycles. The average Bonchev–Trinajstić information content (AvgIpc) is 3.49. The highest BCUT2D eigenvalue weighted by atomic mass is 16.5. The van der Waals surface area contributed by atoms with Gasteiger partial charge in [0.2, 0.25) is 0 Å². The molecule has 216 valence electrons. The Kier molecular flexibility index (Phi) is 8.14. The number of aromatic amines is 1. The van der Waals surface area contributed by atoms with Crippen molar-refractivity contribution in [2.24, 2.45) is 0 Å². The van der Waals surface area contributed by atoms with Crippen molar-refractivity contribution >= 4 is 16.6 Å². The minimum atomic E-state index is -0.431. The number of anilines is 1. The van der Waals surface area contributed by atoms with Gasteiger partial charge in [-0.2, -0.15) is 0 Å². The van der Waals surface area contributed by atoms with Crippen molar-refractivity contribution in [3.05, 3.63) is 106 Å². The van der Waals surface area contributed by atoms with Crippen LogP contribution in [-0.4, -0.2) is 70.0 Å². The first kappa shape index (κ1) is 27.5. The zero-order chi connectivity index (χ0) is 28.9. The van der Waals surface area contributed by atoms with Gasteiger partial charge in [0, 0.05) is 49.2 Å². The molecule has 0 saturated carbocycles. The number of ether oxygens (including phenoxy) is 2. The number of aryl methyl sites for hydroxylation is 2. The first-order chi connectivity index (χ1) is 20.6. The van der Waals surface area contributed by atoms with E-state index in [4.69, 9.17) is 9.47 Å². The van der Waals surface area contributed by atoms with E-state index in [9.17, 15) is 4.79 Å². The Morgan fingerprint density at radius 3 is 2.52 bits per heavy atom. The molecule has 6 rings (SSSR count). The third-order valence-corrected chi connectivity index (χ3v) is 7.81. The van der Waals surface area contributed by atoms with Crippen molar-refractivity contribution in [3.63, 3.8) is 0 Å². The predicted molar refractivity (Wildman–Crippen MR) is 162 cm³/mol. The SMILES string of the molecule is CCOc1ccc2[nH]c(=O)c(C(c3nnnn3CCc3ccccc3)N3CCN(c4ccccc4OC)CC3)cc2c1. The van der Waals surface area contributed by atoms with Crippen LogP contribution in [-0.2, 0) is 13.0 Å². The van der Waals surface area contributed by atoms with Crippen LogP contribution >= 0.6 is 0 Å². The zero-order valence-corrected chi connectivity index (χ0v) is 23.9. The lowest BCUT2D eigenvalue weighted by molar-refractivity contribution is 0.199. The highest BCUT2D eigenvalue weighted by Gasteiger charge is 2.33. The van der Waals surface area contributed by atoms with E-state index in [1.165, 1.54) is 5.56 Å². The van der Waals surface area contributed by atoms with Crippen LogP contribution in [0, 0.1) is 0 Å². The first-order valence-electron chi connectivity index (χ1n) is 14.4. The van der Waals surface area contributed by atoms with Gasteiger partial charge < -0.3 is 19.4 Å². The second kappa shape index (κ2) is 12.4. The van der Waals surface area contributed by atoms with Gasteiger partial charge in [0.05, 0.1) is 19.4 Å². The van der Waals surface area contributed by atoms with Crippen molar-refractivity contribution in [1.82, 2.24) is 30.1 Å². The number of hydrogen-bond donors (Lipinski definition) is 1. The molecule has 1 aliphatic rings. The fraction of sp³-hybridized carbons (Fsp3) is 0.312. The van der Waals surface area contributed by atoms with Gasteiger partial charge in [0.1, 0.15) is 17.5 Å². The molecule has 1 N–H and O–H groups in total. The number of methoxy groups -OCH3 is 1. The maximum Gasteiger partial charge on any atom is 0.253 e. The van der Waals surface area contributed by atoms with Gasteiger partial charge in [-0.05, 0) is 65.7 Å². The van der Waals surface area contributed by atoms with E-state index in [1.54, 1.807) is 7.11 Å². The summed E-state index contributed by atoms with van der Waals surface area (Å²) in [5, 5.41) is 13.8. The minimum Gasteiger partial charge on any atom is -0.495 e. The number of H-pyrrole nitrogens is 1. The van der Waals surface area contributed by atoms with Crippen LogP contribution in [0.1, 0.15) is 29.9 Å². The second-order valence-corrected chi connectivity index (χ2v) is 10.3. The zero-order valence-electron chi connectivity index (χ0n) is 23.9. The van der Waals surface area contributed by atoms with E-state index in [1.807, 2.05) is 72.3 Å². The van der Waals surface area contributed by atoms with Crippen molar-refractivity contribution < 1.29 is 9.47 Å². The number of fused-ring (bicyclic) bond motifs is 1. The van der Waals surface area contributed by atoms with E-state index in [-0.39, 0.29) is 5.56 Å². The average molecular weight is 566 g/mol. The molecule has 1 unspecified atom stereocenters. The molecule has 1 atom stereocenters. The van der Waals surface area contributed by atoms with Gasteiger partial charge in [-0.15, -0.1) is 5.10 Å². The Bertz CT molecular complexity index is 1690. The van der Waals surface area contributed by atoms with Crippen LogP contribution in [0.4, 0.5) is 5.69 Å². The van der Waals surface area contributed by atoms with E-state index < -0.39 is 6.04 Å². The van der Waals surface area contributed by atoms with Crippen LogP contribution < -0.4 is 19.9 Å². The molecule has 42 heavy (non-hydrogen) atoms. The molecule has 0 aliphatic carbocycles. The maximum absolute atomic E-state index is 13.7. The summed E-state index contributed by atoms with van der Waals surface area (Å²) in [5.41, 5.74) is 3.48. The van der Waals surface area contributed by atoms with Crippen molar-refractivity contribution in [1.29, 1.82) is 0 Å². The number of para-hydroxylation sites is 2. The molecule has 0 radical (unpaired) electrons. The van der Waals surface area contributed by atoms with Gasteiger partial charge in [-0.3, -0.25) is 9.69 Å². The fourth-order valence-corrected chi connectivity index (χ4v) is 5.72. The molecule has 3 aromatic carbocycles. The molecule has 10 nitrogen and oxygen atoms in total. The van der Waals surface area contributed by atoms with Gasteiger partial charge in [-0.25, -0.2) is 4.68 Å². The van der Waals surface area contributed by atoms with Crippen molar-refractivity contribution in [2.75, 3.05) is 44.8 Å². The van der Waals surface area contributed by atoms with E-state index in [0.717, 1.165) is 47.6 Å². The monoisotopic (exact) mass is 565 g/mol. The minimum absolute atomic E-state index is 0.151. The molecule has 3 heterocycles. The largest absolute Gasteiger partial charge is 0.495 e. The Labute approximate surface area is 244 Å². The quantitative estimate of drug-likeness (QED) is 0.270. The molecule has 0 spiro atoms. The van der Waals surface area contributed by atoms with E-state index in [0.29, 0.717) is 37.6 Å². The molecule has 1 saturated heterocycles. The highest BCUT2D eigenvalue weighted by molar-refractivity contribution is 5.80. The fourth-order valence-electron chi connectivity index (χ4n) is 5.72. The summed E-state index contributed by atoms with van der Waals surface area (Å²) in [7, 11) is 1.70. The number of tetrazole rings is 1. The van der Waals surface area contributed by atoms with Gasteiger partial charge in [0.15, 0.2) is 5.82 Å². The summed E-state index contributed by atoms with van der Waals surface area (Å²) in [5.74, 6) is 2.27. The number of nitrogens with zero attached hydrogens (tertiary/aromatic N) is 6. The summed E-state index contributed by atoms with van der Waals surface area (Å²) in [6.45, 7) is 6.08. The molecule has 5 aromatic rings. The molecular weight excluding hydrogens is 530 g/mol. The number of hydrogen-bond acceptors (Lipinski definition) is 8. The van der Waals surface area contributed by atoms with Crippen molar-refractivity contribution in [3.8, 4) is 11.5 Å². The lowest BCUT2D eigenvalue weighted by Crippen LogP contribution is -2.49. The molecule has 0 bridgehead atoms. The number of benzene rings is 3. The molecule has 0 amide bonds. The Morgan fingerprint density at radius 1 is 0.952 bits per heavy atom. The number of pyridine rings is 1. The number of aromatic nitrogens is 5. The molecule has 1 aliphatic heterocycles. The Morgan fingerprint density at radius 2 is 1.74 bits per heavy atom. The lowest BCUT2D eigenvalue weighted by atomic mass is 10.0. The van der Waals surface area contributed by atoms with Crippen molar-refractivity contribution in [2.45, 2.75) is 25.9 Å². The number of rotatable bonds is 10. The third-order valence-electron chi connectivity index (χ3n) is 7.81. The topological polar surface area (TPSA) is 101 Å². The van der Waals surface area contributed by atoms with Crippen LogP contribution in [0.2, 0.25) is 0 Å². The first-order valence-corrected chi connectivity index (χ1v) is 14.4. The Hall–Kier alpha value is -4.70. The summed E-state index contributed by atoms with van der Waals surface area (Å²) in [4.78, 5) is 21.4. The van der Waals surface area contributed by atoms with Gasteiger partial charge in [-0.1, -0.05) is 42.5 Å². The number of piperazine rings is 1. The highest BCUT2D eigenvalue weighted by Crippen LogP contribution is 2.32. The van der Waals surface area contributed by atoms with Crippen LogP contribution in [0.25, 0.3) is 10.9 Å². The summed E-state index contributed by atoms with van der Waals surface area (Å²) < 4.78 is 13.2. The summed E-state index contributed by atoms with van der Waals surface area (Å²) in [6.07, 6.45) is 0.777. The van der Waals surface area contributed by atoms with Gasteiger partial charge >= 0.3 is 0 Å². The van der Waals surface area contributed by atoms with Crippen LogP contribution in [0.3, 0.4) is 0 Å². The van der Waals surface area contributed by atoms with Gasteiger partial charge in [0.25, 0.3) is 5.56 Å². The van der Waals surface area contributed by atoms with E-state index in [2.05, 4.69) is 48.5 Å². The summed E-state index contributed by atoms with van der Waals surface area (Å²) in [6, 6.07) is 25.6. The molecule has 10 heteroatoms. The van der Waals surface area contributed by atoms with Crippen LogP contribution in [0.5, 0.6) is 11.5 Å². The molecule has 1 fully saturated rings. The van der Waals surface area contributed by atoms with E-state index >= 15 is 0 Å². The predicted octanol–water partition coefficient (Wildman–Crippen LogP) is 4.08. The standard InChI is InChI=1S/C32H35N7O3/c1-3-42-25-13-14-27-24(21-25)22-26(32(40)33-27)30(31-34-35-36-39(31)16-15-23-9-5-4-6-10-23)38-19-17-37(18-20-38)28-11-7-8-12-29(28)41-2/h4-14,21-22,30H,3,15-20H2,1-2H3,(H,33,40). The Balaban J connectivity index is 1.36. The molecular formula is C32H35N7O3. The third kappa shape index (κ3) is 5.71. The lowest BCUT2D eigenvalue weighted by Gasteiger charge is -2.40. The summed E-state index contributed by atoms with van der Waals surface area (Å²) >= 11 is 0. The normalized spacial score (nSPS) is 14.7. The van der Waals surface area contributed by atoms with Crippen LogP contribution in [0.15, 0.2) is 83.7 Å². The maximum atomic E-state index is 13.7.